The van der Waals surface area contributed by atoms with Crippen molar-refractivity contribution >= 4 is 10.8 Å². The van der Waals surface area contributed by atoms with Crippen LogP contribution in [0.5, 0.6) is 5.75 Å². The van der Waals surface area contributed by atoms with Gasteiger partial charge in [0.1, 0.15) is 5.75 Å². The zero-order valence-electron chi connectivity index (χ0n) is 9.86. The molecular formula is C15H17NO. The van der Waals surface area contributed by atoms with Crippen molar-refractivity contribution in [3.8, 4) is 5.75 Å². The van der Waals surface area contributed by atoms with Crippen molar-refractivity contribution in [2.75, 3.05) is 19.7 Å². The molecule has 0 radical (unpaired) electrons. The van der Waals surface area contributed by atoms with Crippen LogP contribution >= 0.6 is 0 Å². The van der Waals surface area contributed by atoms with Crippen LogP contribution in [0.2, 0.25) is 0 Å². The van der Waals surface area contributed by atoms with E-state index in [1.54, 1.807) is 0 Å². The molecule has 88 valence electrons. The van der Waals surface area contributed by atoms with E-state index in [9.17, 15) is 0 Å². The van der Waals surface area contributed by atoms with Crippen LogP contribution in [0.1, 0.15) is 6.42 Å². The second-order valence-electron chi connectivity index (χ2n) is 4.68. The summed E-state index contributed by atoms with van der Waals surface area (Å²) in [5, 5.41) is 5.87. The van der Waals surface area contributed by atoms with Crippen molar-refractivity contribution in [1.82, 2.24) is 5.32 Å². The van der Waals surface area contributed by atoms with E-state index >= 15 is 0 Å². The molecule has 2 nitrogen and oxygen atoms in total. The minimum Gasteiger partial charge on any atom is -0.493 e. The van der Waals surface area contributed by atoms with Crippen LogP contribution in [0, 0.1) is 5.92 Å². The Balaban J connectivity index is 1.72. The molecule has 1 atom stereocenters. The quantitative estimate of drug-likeness (QED) is 0.870. The lowest BCUT2D eigenvalue weighted by atomic mass is 10.1. The van der Waals surface area contributed by atoms with Gasteiger partial charge in [0.25, 0.3) is 0 Å². The van der Waals surface area contributed by atoms with Crippen molar-refractivity contribution in [3.63, 3.8) is 0 Å². The summed E-state index contributed by atoms with van der Waals surface area (Å²) in [6.45, 7) is 3.05. The molecular weight excluding hydrogens is 210 g/mol. The summed E-state index contributed by atoms with van der Waals surface area (Å²) in [5.41, 5.74) is 0. The van der Waals surface area contributed by atoms with Gasteiger partial charge in [0, 0.05) is 12.5 Å². The van der Waals surface area contributed by atoms with E-state index in [1.807, 2.05) is 0 Å². The van der Waals surface area contributed by atoms with Gasteiger partial charge in [-0.3, -0.25) is 0 Å². The molecule has 1 heterocycles. The van der Waals surface area contributed by atoms with E-state index in [-0.39, 0.29) is 0 Å². The lowest BCUT2D eigenvalue weighted by Crippen LogP contribution is -2.15. The molecule has 1 fully saturated rings. The maximum Gasteiger partial charge on any atom is 0.119 e. The van der Waals surface area contributed by atoms with E-state index in [4.69, 9.17) is 4.74 Å². The number of hydrogen-bond donors (Lipinski definition) is 1. The second kappa shape index (κ2) is 4.76. The number of fused-ring (bicyclic) bond motifs is 1. The monoisotopic (exact) mass is 227 g/mol. The third kappa shape index (κ3) is 2.42. The van der Waals surface area contributed by atoms with E-state index in [2.05, 4.69) is 47.8 Å². The summed E-state index contributed by atoms with van der Waals surface area (Å²) in [4.78, 5) is 0. The van der Waals surface area contributed by atoms with Crippen LogP contribution < -0.4 is 10.1 Å². The molecule has 1 aliphatic heterocycles. The largest absolute Gasteiger partial charge is 0.493 e. The predicted molar refractivity (Wildman–Crippen MR) is 70.4 cm³/mol. The highest BCUT2D eigenvalue weighted by Gasteiger charge is 2.14. The van der Waals surface area contributed by atoms with Crippen molar-refractivity contribution in [3.05, 3.63) is 42.5 Å². The van der Waals surface area contributed by atoms with Crippen molar-refractivity contribution in [1.29, 1.82) is 0 Å². The SMILES string of the molecule is c1ccc2cc(OCC3CCNC3)ccc2c1. The Morgan fingerprint density at radius 2 is 2.00 bits per heavy atom. The van der Waals surface area contributed by atoms with Gasteiger partial charge in [0.05, 0.1) is 6.61 Å². The normalized spacial score (nSPS) is 19.6. The summed E-state index contributed by atoms with van der Waals surface area (Å²) >= 11 is 0. The van der Waals surface area contributed by atoms with E-state index < -0.39 is 0 Å². The molecule has 1 aliphatic rings. The first-order valence-corrected chi connectivity index (χ1v) is 6.24. The molecule has 1 saturated heterocycles. The first-order chi connectivity index (χ1) is 8.42. The fourth-order valence-electron chi connectivity index (χ4n) is 2.33. The number of ether oxygens (including phenoxy) is 1. The van der Waals surface area contributed by atoms with Gasteiger partial charge in [0.2, 0.25) is 0 Å². The van der Waals surface area contributed by atoms with Crippen LogP contribution in [0.25, 0.3) is 10.8 Å². The average molecular weight is 227 g/mol. The average Bonchev–Trinajstić information content (AvgIpc) is 2.89. The lowest BCUT2D eigenvalue weighted by Gasteiger charge is -2.11. The van der Waals surface area contributed by atoms with Crippen molar-refractivity contribution in [2.24, 2.45) is 5.92 Å². The number of nitrogens with one attached hydrogen (secondary N) is 1. The van der Waals surface area contributed by atoms with E-state index in [0.717, 1.165) is 25.4 Å². The zero-order valence-corrected chi connectivity index (χ0v) is 9.86. The van der Waals surface area contributed by atoms with Gasteiger partial charge in [-0.1, -0.05) is 30.3 Å². The van der Waals surface area contributed by atoms with E-state index in [0.29, 0.717) is 5.92 Å². The molecule has 0 aromatic heterocycles. The molecule has 0 aliphatic carbocycles. The van der Waals surface area contributed by atoms with Gasteiger partial charge in [0.15, 0.2) is 0 Å². The summed E-state index contributed by atoms with van der Waals surface area (Å²) in [6, 6.07) is 14.7. The molecule has 0 spiro atoms. The Morgan fingerprint density at radius 1 is 1.12 bits per heavy atom. The molecule has 2 aromatic rings. The molecule has 3 rings (SSSR count). The maximum absolute atomic E-state index is 5.86. The minimum absolute atomic E-state index is 0.668. The van der Waals surface area contributed by atoms with Gasteiger partial charge < -0.3 is 10.1 Å². The van der Waals surface area contributed by atoms with Crippen LogP contribution in [0.3, 0.4) is 0 Å². The van der Waals surface area contributed by atoms with Gasteiger partial charge in [-0.25, -0.2) is 0 Å². The van der Waals surface area contributed by atoms with Crippen molar-refractivity contribution in [2.45, 2.75) is 6.42 Å². The van der Waals surface area contributed by atoms with Crippen LogP contribution in [0.15, 0.2) is 42.5 Å². The van der Waals surface area contributed by atoms with Crippen LogP contribution in [0.4, 0.5) is 0 Å². The Labute approximate surface area is 102 Å². The Bertz CT molecular complexity index is 503. The number of benzene rings is 2. The van der Waals surface area contributed by atoms with E-state index in [1.165, 1.54) is 17.2 Å². The summed E-state index contributed by atoms with van der Waals surface area (Å²) in [5.74, 6) is 1.65. The Hall–Kier alpha value is -1.54. The fourth-order valence-corrected chi connectivity index (χ4v) is 2.33. The standard InChI is InChI=1S/C15H17NO/c1-2-4-14-9-15(6-5-13(14)3-1)17-11-12-7-8-16-10-12/h1-6,9,12,16H,7-8,10-11H2. The highest BCUT2D eigenvalue weighted by molar-refractivity contribution is 5.83. The second-order valence-corrected chi connectivity index (χ2v) is 4.68. The molecule has 0 amide bonds. The lowest BCUT2D eigenvalue weighted by molar-refractivity contribution is 0.260. The molecule has 2 heteroatoms. The molecule has 0 bridgehead atoms. The summed E-state index contributed by atoms with van der Waals surface area (Å²) < 4.78 is 5.86. The summed E-state index contributed by atoms with van der Waals surface area (Å²) in [7, 11) is 0. The third-order valence-electron chi connectivity index (χ3n) is 3.37. The summed E-state index contributed by atoms with van der Waals surface area (Å²) in [6.07, 6.45) is 1.23. The van der Waals surface area contributed by atoms with Gasteiger partial charge in [-0.05, 0) is 35.9 Å². The maximum atomic E-state index is 5.86. The fraction of sp³-hybridized carbons (Fsp3) is 0.333. The minimum atomic E-state index is 0.668. The van der Waals surface area contributed by atoms with Gasteiger partial charge >= 0.3 is 0 Å². The first-order valence-electron chi connectivity index (χ1n) is 6.24. The highest BCUT2D eigenvalue weighted by atomic mass is 16.5. The molecule has 2 aromatic carbocycles. The molecule has 17 heavy (non-hydrogen) atoms. The molecule has 1 unspecified atom stereocenters. The molecule has 1 N–H and O–H groups in total. The Morgan fingerprint density at radius 3 is 2.82 bits per heavy atom. The van der Waals surface area contributed by atoms with Crippen LogP contribution in [-0.2, 0) is 0 Å². The Kier molecular flexibility index (Phi) is 2.97. The third-order valence-corrected chi connectivity index (χ3v) is 3.37. The topological polar surface area (TPSA) is 21.3 Å². The first kappa shape index (κ1) is 10.6. The smallest absolute Gasteiger partial charge is 0.119 e. The number of hydrogen-bond acceptors (Lipinski definition) is 2. The van der Waals surface area contributed by atoms with Crippen molar-refractivity contribution < 1.29 is 4.74 Å². The molecule has 0 saturated carbocycles. The number of rotatable bonds is 3. The van der Waals surface area contributed by atoms with Gasteiger partial charge in [-0.15, -0.1) is 0 Å². The van der Waals surface area contributed by atoms with Crippen LogP contribution in [-0.4, -0.2) is 19.7 Å². The predicted octanol–water partition coefficient (Wildman–Crippen LogP) is 2.83. The van der Waals surface area contributed by atoms with Gasteiger partial charge in [-0.2, -0.15) is 0 Å². The highest BCUT2D eigenvalue weighted by Crippen LogP contribution is 2.21. The zero-order chi connectivity index (χ0) is 11.5.